The maximum absolute atomic E-state index is 5.68. The van der Waals surface area contributed by atoms with Crippen LogP contribution >= 0.6 is 31.9 Å². The number of ether oxygens (including phenoxy) is 1. The minimum absolute atomic E-state index is 0.154. The summed E-state index contributed by atoms with van der Waals surface area (Å²) < 4.78 is 7.80. The van der Waals surface area contributed by atoms with Gasteiger partial charge in [-0.05, 0) is 49.4 Å². The summed E-state index contributed by atoms with van der Waals surface area (Å²) in [5.74, 6) is 5.68. The molecule has 1 fully saturated rings. The highest BCUT2D eigenvalue weighted by Gasteiger charge is 2.19. The van der Waals surface area contributed by atoms with Crippen LogP contribution in [0.1, 0.15) is 37.3 Å². The molecule has 18 heavy (non-hydrogen) atoms. The standard InChI is InChI=1S/C13H18Br2N2O/c14-9-3-5-12(15)11(8-9)13(17-16)6-4-10-2-1-7-18-10/h3,5,8,10,13,17H,1-2,4,6-7,16H2. The Labute approximate surface area is 125 Å². The van der Waals surface area contributed by atoms with E-state index in [0.717, 1.165) is 28.4 Å². The zero-order chi connectivity index (χ0) is 13.0. The molecule has 2 unspecified atom stereocenters. The molecular formula is C13H18Br2N2O. The fourth-order valence-corrected chi connectivity index (χ4v) is 3.24. The highest BCUT2D eigenvalue weighted by atomic mass is 79.9. The first-order valence-electron chi connectivity index (χ1n) is 6.23. The minimum atomic E-state index is 0.154. The van der Waals surface area contributed by atoms with Gasteiger partial charge in [0, 0.05) is 21.6 Å². The summed E-state index contributed by atoms with van der Waals surface area (Å²) in [7, 11) is 0. The lowest BCUT2D eigenvalue weighted by atomic mass is 10.00. The van der Waals surface area contributed by atoms with E-state index < -0.39 is 0 Å². The summed E-state index contributed by atoms with van der Waals surface area (Å²) >= 11 is 7.07. The molecule has 5 heteroatoms. The fourth-order valence-electron chi connectivity index (χ4n) is 2.33. The number of nitrogens with two attached hydrogens (primary N) is 1. The summed E-state index contributed by atoms with van der Waals surface area (Å²) in [5.41, 5.74) is 4.09. The Morgan fingerprint density at radius 1 is 1.44 bits per heavy atom. The largest absolute Gasteiger partial charge is 0.378 e. The lowest BCUT2D eigenvalue weighted by molar-refractivity contribution is 0.0996. The van der Waals surface area contributed by atoms with E-state index in [4.69, 9.17) is 10.6 Å². The van der Waals surface area contributed by atoms with Gasteiger partial charge in [-0.15, -0.1) is 0 Å². The lowest BCUT2D eigenvalue weighted by Gasteiger charge is -2.20. The lowest BCUT2D eigenvalue weighted by Crippen LogP contribution is -2.29. The average molecular weight is 378 g/mol. The van der Waals surface area contributed by atoms with Crippen molar-refractivity contribution in [2.75, 3.05) is 6.61 Å². The molecule has 1 saturated heterocycles. The number of benzene rings is 1. The van der Waals surface area contributed by atoms with Crippen molar-refractivity contribution in [1.82, 2.24) is 5.43 Å². The topological polar surface area (TPSA) is 47.3 Å². The van der Waals surface area contributed by atoms with E-state index in [-0.39, 0.29) is 6.04 Å². The van der Waals surface area contributed by atoms with Crippen molar-refractivity contribution in [3.05, 3.63) is 32.7 Å². The maximum Gasteiger partial charge on any atom is 0.0576 e. The predicted octanol–water partition coefficient (Wildman–Crippen LogP) is 3.68. The SMILES string of the molecule is NNC(CCC1CCCO1)c1cc(Br)ccc1Br. The van der Waals surface area contributed by atoms with Crippen LogP contribution in [0.5, 0.6) is 0 Å². The molecular weight excluding hydrogens is 360 g/mol. The molecule has 0 aliphatic carbocycles. The molecule has 0 radical (unpaired) electrons. The second-order valence-corrected chi connectivity index (χ2v) is 6.37. The Balaban J connectivity index is 2.00. The number of hydrogen-bond donors (Lipinski definition) is 2. The number of halogens is 2. The molecule has 100 valence electrons. The van der Waals surface area contributed by atoms with Gasteiger partial charge in [-0.1, -0.05) is 31.9 Å². The number of rotatable bonds is 5. The van der Waals surface area contributed by atoms with Crippen molar-refractivity contribution in [3.63, 3.8) is 0 Å². The van der Waals surface area contributed by atoms with Gasteiger partial charge < -0.3 is 4.74 Å². The first-order valence-corrected chi connectivity index (χ1v) is 7.82. The molecule has 1 aliphatic rings. The van der Waals surface area contributed by atoms with E-state index in [1.54, 1.807) is 0 Å². The second-order valence-electron chi connectivity index (χ2n) is 4.60. The van der Waals surface area contributed by atoms with Crippen LogP contribution in [-0.2, 0) is 4.74 Å². The molecule has 3 N–H and O–H groups in total. The van der Waals surface area contributed by atoms with Crippen LogP contribution in [0.4, 0.5) is 0 Å². The quantitative estimate of drug-likeness (QED) is 0.607. The minimum Gasteiger partial charge on any atom is -0.378 e. The van der Waals surface area contributed by atoms with Crippen LogP contribution in [0, 0.1) is 0 Å². The normalized spacial score (nSPS) is 21.2. The van der Waals surface area contributed by atoms with Crippen molar-refractivity contribution in [2.24, 2.45) is 5.84 Å². The van der Waals surface area contributed by atoms with Crippen LogP contribution in [0.15, 0.2) is 27.1 Å². The van der Waals surface area contributed by atoms with Gasteiger partial charge in [0.2, 0.25) is 0 Å². The van der Waals surface area contributed by atoms with E-state index >= 15 is 0 Å². The molecule has 1 aliphatic heterocycles. The Kier molecular flexibility index (Phi) is 5.63. The van der Waals surface area contributed by atoms with E-state index in [1.807, 2.05) is 12.1 Å². The van der Waals surface area contributed by atoms with Crippen LogP contribution in [-0.4, -0.2) is 12.7 Å². The van der Waals surface area contributed by atoms with Gasteiger partial charge in [-0.3, -0.25) is 11.3 Å². The Morgan fingerprint density at radius 2 is 2.28 bits per heavy atom. The summed E-state index contributed by atoms with van der Waals surface area (Å²) in [6, 6.07) is 6.31. The smallest absolute Gasteiger partial charge is 0.0576 e. The van der Waals surface area contributed by atoms with Crippen LogP contribution in [0.25, 0.3) is 0 Å². The number of nitrogens with one attached hydrogen (secondary N) is 1. The molecule has 2 rings (SSSR count). The number of hydrazine groups is 1. The molecule has 1 heterocycles. The van der Waals surface area contributed by atoms with Crippen LogP contribution in [0.2, 0.25) is 0 Å². The molecule has 0 bridgehead atoms. The summed E-state index contributed by atoms with van der Waals surface area (Å²) in [5, 5.41) is 0. The second kappa shape index (κ2) is 7.01. The van der Waals surface area contributed by atoms with E-state index in [1.165, 1.54) is 18.4 Å². The van der Waals surface area contributed by atoms with E-state index in [9.17, 15) is 0 Å². The average Bonchev–Trinajstić information content (AvgIpc) is 2.87. The van der Waals surface area contributed by atoms with Gasteiger partial charge in [-0.25, -0.2) is 0 Å². The van der Waals surface area contributed by atoms with Crippen molar-refractivity contribution in [2.45, 2.75) is 37.8 Å². The van der Waals surface area contributed by atoms with Gasteiger partial charge >= 0.3 is 0 Å². The molecule has 0 saturated carbocycles. The Hall–Kier alpha value is 0.0600. The Morgan fingerprint density at radius 3 is 2.94 bits per heavy atom. The summed E-state index contributed by atoms with van der Waals surface area (Å²) in [4.78, 5) is 0. The van der Waals surface area contributed by atoms with Gasteiger partial charge in [0.05, 0.1) is 6.10 Å². The van der Waals surface area contributed by atoms with Gasteiger partial charge in [0.1, 0.15) is 0 Å². The predicted molar refractivity (Wildman–Crippen MR) is 80.1 cm³/mol. The third-order valence-electron chi connectivity index (χ3n) is 3.34. The third kappa shape index (κ3) is 3.78. The van der Waals surface area contributed by atoms with Gasteiger partial charge in [0.25, 0.3) is 0 Å². The van der Waals surface area contributed by atoms with Gasteiger partial charge in [-0.2, -0.15) is 0 Å². The molecule has 3 nitrogen and oxygen atoms in total. The highest BCUT2D eigenvalue weighted by Crippen LogP contribution is 2.30. The molecule has 1 aromatic carbocycles. The van der Waals surface area contributed by atoms with Crippen molar-refractivity contribution in [3.8, 4) is 0 Å². The summed E-state index contributed by atoms with van der Waals surface area (Å²) in [6.07, 6.45) is 4.80. The first kappa shape index (κ1) is 14.5. The zero-order valence-electron chi connectivity index (χ0n) is 10.2. The van der Waals surface area contributed by atoms with Gasteiger partial charge in [0.15, 0.2) is 0 Å². The Bertz CT molecular complexity index is 395. The summed E-state index contributed by atoms with van der Waals surface area (Å²) in [6.45, 7) is 0.909. The van der Waals surface area contributed by atoms with Crippen LogP contribution in [0.3, 0.4) is 0 Å². The molecule has 2 atom stereocenters. The fraction of sp³-hybridized carbons (Fsp3) is 0.538. The molecule has 0 spiro atoms. The monoisotopic (exact) mass is 376 g/mol. The first-order chi connectivity index (χ1) is 8.70. The molecule has 0 aromatic heterocycles. The van der Waals surface area contributed by atoms with E-state index in [0.29, 0.717) is 6.10 Å². The molecule has 1 aromatic rings. The van der Waals surface area contributed by atoms with Crippen molar-refractivity contribution >= 4 is 31.9 Å². The van der Waals surface area contributed by atoms with E-state index in [2.05, 4.69) is 43.4 Å². The number of hydrogen-bond acceptors (Lipinski definition) is 3. The van der Waals surface area contributed by atoms with Crippen LogP contribution < -0.4 is 11.3 Å². The maximum atomic E-state index is 5.68. The zero-order valence-corrected chi connectivity index (χ0v) is 13.3. The highest BCUT2D eigenvalue weighted by molar-refractivity contribution is 9.11. The van der Waals surface area contributed by atoms with Crippen molar-refractivity contribution in [1.29, 1.82) is 0 Å². The molecule has 0 amide bonds. The third-order valence-corrected chi connectivity index (χ3v) is 4.55. The van der Waals surface area contributed by atoms with Crippen molar-refractivity contribution < 1.29 is 4.74 Å².